The molecule has 0 atom stereocenters. The van der Waals surface area contributed by atoms with Crippen molar-refractivity contribution in [1.29, 1.82) is 0 Å². The molecule has 0 amide bonds. The lowest BCUT2D eigenvalue weighted by Gasteiger charge is -2.10. The summed E-state index contributed by atoms with van der Waals surface area (Å²) in [6.07, 6.45) is -3.13. The van der Waals surface area contributed by atoms with E-state index in [2.05, 4.69) is 10.3 Å². The smallest absolute Gasteiger partial charge is 0.258 e. The fourth-order valence-electron chi connectivity index (χ4n) is 2.19. The molecule has 3 aromatic rings. The van der Waals surface area contributed by atoms with E-state index in [4.69, 9.17) is 0 Å². The molecule has 24 heavy (non-hydrogen) atoms. The highest BCUT2D eigenvalue weighted by molar-refractivity contribution is 5.62. The first-order valence-electron chi connectivity index (χ1n) is 6.69. The van der Waals surface area contributed by atoms with Crippen molar-refractivity contribution in [3.63, 3.8) is 0 Å². The van der Waals surface area contributed by atoms with Gasteiger partial charge in [-0.25, -0.2) is 4.68 Å². The van der Waals surface area contributed by atoms with Crippen molar-refractivity contribution < 1.29 is 18.1 Å². The number of nitro groups is 1. The van der Waals surface area contributed by atoms with Crippen molar-refractivity contribution >= 4 is 5.69 Å². The van der Waals surface area contributed by atoms with Crippen molar-refractivity contribution in [2.75, 3.05) is 0 Å². The second-order valence-electron chi connectivity index (χ2n) is 4.88. The van der Waals surface area contributed by atoms with Crippen LogP contribution in [-0.4, -0.2) is 19.9 Å². The van der Waals surface area contributed by atoms with E-state index in [0.29, 0.717) is 11.4 Å². The summed E-state index contributed by atoms with van der Waals surface area (Å²) in [6.45, 7) is 0. The van der Waals surface area contributed by atoms with E-state index in [1.54, 1.807) is 0 Å². The van der Waals surface area contributed by atoms with Gasteiger partial charge >= 0.3 is 6.18 Å². The summed E-state index contributed by atoms with van der Waals surface area (Å²) in [5, 5.41) is 18.2. The lowest BCUT2D eigenvalue weighted by molar-refractivity contribution is -0.384. The standard InChI is InChI=1S/C15H9F3N4O2/c16-15(17,18)11-3-1-2-10(8-11)14-9-19-20-21(14)12-4-6-13(7-5-12)22(23)24/h1-9H. The van der Waals surface area contributed by atoms with Crippen LogP contribution >= 0.6 is 0 Å². The van der Waals surface area contributed by atoms with Crippen LogP contribution < -0.4 is 0 Å². The van der Waals surface area contributed by atoms with Gasteiger partial charge in [0.2, 0.25) is 0 Å². The maximum atomic E-state index is 12.9. The van der Waals surface area contributed by atoms with Gasteiger partial charge in [-0.05, 0) is 24.3 Å². The predicted octanol–water partition coefficient (Wildman–Crippen LogP) is 3.86. The number of alkyl halides is 3. The molecule has 1 aromatic heterocycles. The van der Waals surface area contributed by atoms with Crippen LogP contribution in [0.1, 0.15) is 5.56 Å². The molecule has 0 radical (unpaired) electrons. The normalized spacial score (nSPS) is 11.5. The summed E-state index contributed by atoms with van der Waals surface area (Å²) >= 11 is 0. The summed E-state index contributed by atoms with van der Waals surface area (Å²) in [4.78, 5) is 10.1. The summed E-state index contributed by atoms with van der Waals surface area (Å²) in [6, 6.07) is 10.2. The average molecular weight is 334 g/mol. The fraction of sp³-hybridized carbons (Fsp3) is 0.0667. The van der Waals surface area contributed by atoms with E-state index in [1.807, 2.05) is 0 Å². The van der Waals surface area contributed by atoms with E-state index in [-0.39, 0.29) is 11.3 Å². The van der Waals surface area contributed by atoms with E-state index in [0.717, 1.165) is 12.1 Å². The number of halogens is 3. The number of nitro benzene ring substituents is 1. The molecular weight excluding hydrogens is 325 g/mol. The van der Waals surface area contributed by atoms with E-state index >= 15 is 0 Å². The maximum absolute atomic E-state index is 12.9. The lowest BCUT2D eigenvalue weighted by atomic mass is 10.1. The fourth-order valence-corrected chi connectivity index (χ4v) is 2.19. The molecule has 6 nitrogen and oxygen atoms in total. The molecule has 0 aliphatic carbocycles. The van der Waals surface area contributed by atoms with Crippen LogP contribution in [0.25, 0.3) is 16.9 Å². The molecule has 0 aliphatic heterocycles. The van der Waals surface area contributed by atoms with Crippen molar-refractivity contribution in [2.45, 2.75) is 6.18 Å². The maximum Gasteiger partial charge on any atom is 0.416 e. The van der Waals surface area contributed by atoms with Gasteiger partial charge in [0.05, 0.1) is 28.1 Å². The second-order valence-corrected chi connectivity index (χ2v) is 4.88. The third kappa shape index (κ3) is 2.96. The molecule has 0 N–H and O–H groups in total. The van der Waals surface area contributed by atoms with Gasteiger partial charge in [0, 0.05) is 17.7 Å². The number of non-ortho nitro benzene ring substituents is 1. The van der Waals surface area contributed by atoms with Crippen LogP contribution in [0.15, 0.2) is 54.7 Å². The van der Waals surface area contributed by atoms with Crippen LogP contribution in [-0.2, 0) is 6.18 Å². The molecule has 0 saturated heterocycles. The molecule has 3 rings (SSSR count). The third-order valence-electron chi connectivity index (χ3n) is 3.34. The number of hydrogen-bond donors (Lipinski definition) is 0. The summed E-state index contributed by atoms with van der Waals surface area (Å²) < 4.78 is 39.9. The summed E-state index contributed by atoms with van der Waals surface area (Å²) in [5.74, 6) is 0. The molecule has 0 unspecified atom stereocenters. The quantitative estimate of drug-likeness (QED) is 0.538. The van der Waals surface area contributed by atoms with Gasteiger partial charge in [-0.15, -0.1) is 5.10 Å². The molecule has 0 saturated carbocycles. The Morgan fingerprint density at radius 1 is 1.08 bits per heavy atom. The van der Waals surface area contributed by atoms with Crippen LogP contribution in [0.2, 0.25) is 0 Å². The number of aromatic nitrogens is 3. The zero-order chi connectivity index (χ0) is 17.3. The second kappa shape index (κ2) is 5.76. The van der Waals surface area contributed by atoms with Crippen LogP contribution in [0.3, 0.4) is 0 Å². The first kappa shape index (κ1) is 15.7. The van der Waals surface area contributed by atoms with Crippen LogP contribution in [0.4, 0.5) is 18.9 Å². The first-order chi connectivity index (χ1) is 11.4. The topological polar surface area (TPSA) is 73.8 Å². The SMILES string of the molecule is O=[N+]([O-])c1ccc(-n2nncc2-c2cccc(C(F)(F)F)c2)cc1. The zero-order valence-corrected chi connectivity index (χ0v) is 11.9. The molecule has 0 fully saturated rings. The van der Waals surface area contributed by atoms with E-state index in [9.17, 15) is 23.3 Å². The van der Waals surface area contributed by atoms with Gasteiger partial charge in [0.15, 0.2) is 0 Å². The number of nitrogens with zero attached hydrogens (tertiary/aromatic N) is 4. The largest absolute Gasteiger partial charge is 0.416 e. The molecule has 122 valence electrons. The van der Waals surface area contributed by atoms with Crippen molar-refractivity contribution in [3.05, 3.63) is 70.4 Å². The van der Waals surface area contributed by atoms with E-state index in [1.165, 1.54) is 47.3 Å². The highest BCUT2D eigenvalue weighted by Crippen LogP contribution is 2.32. The van der Waals surface area contributed by atoms with Gasteiger partial charge in [0.25, 0.3) is 5.69 Å². The Kier molecular flexibility index (Phi) is 3.76. The molecule has 0 bridgehead atoms. The van der Waals surface area contributed by atoms with Gasteiger partial charge in [-0.2, -0.15) is 13.2 Å². The van der Waals surface area contributed by atoms with E-state index < -0.39 is 16.7 Å². The Bertz CT molecular complexity index is 888. The van der Waals surface area contributed by atoms with Crippen LogP contribution in [0, 0.1) is 10.1 Å². The molecule has 1 heterocycles. The van der Waals surface area contributed by atoms with Gasteiger partial charge in [-0.1, -0.05) is 17.3 Å². The van der Waals surface area contributed by atoms with Crippen molar-refractivity contribution in [2.24, 2.45) is 0 Å². The minimum absolute atomic E-state index is 0.0977. The number of benzene rings is 2. The highest BCUT2D eigenvalue weighted by atomic mass is 19.4. The van der Waals surface area contributed by atoms with Crippen molar-refractivity contribution in [3.8, 4) is 16.9 Å². The number of rotatable bonds is 3. The molecule has 9 heteroatoms. The summed E-state index contributed by atoms with van der Waals surface area (Å²) in [7, 11) is 0. The number of hydrogen-bond acceptors (Lipinski definition) is 4. The Hall–Kier alpha value is -3.23. The Labute approximate surface area is 133 Å². The molecule has 0 aliphatic rings. The first-order valence-corrected chi connectivity index (χ1v) is 6.69. The Balaban J connectivity index is 2.03. The minimum atomic E-state index is -4.46. The Morgan fingerprint density at radius 2 is 1.79 bits per heavy atom. The molecule has 2 aromatic carbocycles. The average Bonchev–Trinajstić information content (AvgIpc) is 3.04. The zero-order valence-electron chi connectivity index (χ0n) is 11.9. The molecular formula is C15H9F3N4O2. The van der Waals surface area contributed by atoms with Crippen molar-refractivity contribution in [1.82, 2.24) is 15.0 Å². The monoisotopic (exact) mass is 334 g/mol. The lowest BCUT2D eigenvalue weighted by Crippen LogP contribution is -2.05. The van der Waals surface area contributed by atoms with Crippen LogP contribution in [0.5, 0.6) is 0 Å². The Morgan fingerprint density at radius 3 is 2.42 bits per heavy atom. The minimum Gasteiger partial charge on any atom is -0.258 e. The summed E-state index contributed by atoms with van der Waals surface area (Å²) in [5.41, 5.74) is 0.199. The highest BCUT2D eigenvalue weighted by Gasteiger charge is 2.30. The predicted molar refractivity (Wildman–Crippen MR) is 78.5 cm³/mol. The van der Waals surface area contributed by atoms with Gasteiger partial charge < -0.3 is 0 Å². The third-order valence-corrected chi connectivity index (χ3v) is 3.34. The molecule has 0 spiro atoms. The van der Waals surface area contributed by atoms with Gasteiger partial charge in [-0.3, -0.25) is 10.1 Å². The van der Waals surface area contributed by atoms with Gasteiger partial charge in [0.1, 0.15) is 0 Å².